The number of carbonyl (C=O) groups excluding carboxylic acids is 2. The molecule has 0 spiro atoms. The van der Waals surface area contributed by atoms with Crippen molar-refractivity contribution in [3.8, 4) is 11.8 Å². The van der Waals surface area contributed by atoms with E-state index in [0.29, 0.717) is 6.54 Å². The van der Waals surface area contributed by atoms with Crippen LogP contribution in [-0.4, -0.2) is 19.8 Å². The Labute approximate surface area is 142 Å². The molecule has 1 aliphatic heterocycles. The Kier molecular flexibility index (Phi) is 4.67. The van der Waals surface area contributed by atoms with Crippen LogP contribution in [0.15, 0.2) is 48.5 Å². The quantitative estimate of drug-likeness (QED) is 0.687. The second kappa shape index (κ2) is 7.05. The van der Waals surface area contributed by atoms with Crippen molar-refractivity contribution >= 4 is 25.5 Å². The van der Waals surface area contributed by atoms with E-state index in [1.165, 1.54) is 0 Å². The fraction of sp³-hybridized carbons (Fsp3) is 0.158. The van der Waals surface area contributed by atoms with Gasteiger partial charge in [-0.15, -0.1) is 0 Å². The van der Waals surface area contributed by atoms with Gasteiger partial charge < -0.3 is 10.1 Å². The van der Waals surface area contributed by atoms with Gasteiger partial charge in [0.1, 0.15) is 0 Å². The third kappa shape index (κ3) is 3.33. The van der Waals surface area contributed by atoms with Crippen LogP contribution in [0.3, 0.4) is 0 Å². The molecule has 24 heavy (non-hydrogen) atoms. The summed E-state index contributed by atoms with van der Waals surface area (Å²) in [4.78, 5) is 25.9. The summed E-state index contributed by atoms with van der Waals surface area (Å²) < 4.78 is 0. The van der Waals surface area contributed by atoms with Crippen molar-refractivity contribution in [3.05, 3.63) is 65.2 Å². The predicted molar refractivity (Wildman–Crippen MR) is 96.0 cm³/mol. The Balaban J connectivity index is 1.98. The molecule has 2 aromatic carbocycles. The first-order valence-electron chi connectivity index (χ1n) is 7.89. The molecule has 0 saturated heterocycles. The standard InChI is InChI=1S/C19H17BN2O2/c20-21-18(23)11-12-19(24)22-13-16-7-2-1-5-14(16)9-10-15-6-3-4-8-17(15)22/h1-8H,11-13,20H2,(H,21,23). The summed E-state index contributed by atoms with van der Waals surface area (Å²) in [5.41, 5.74) is 3.55. The molecule has 0 aromatic heterocycles. The van der Waals surface area contributed by atoms with Crippen molar-refractivity contribution in [2.24, 2.45) is 0 Å². The maximum atomic E-state index is 12.8. The summed E-state index contributed by atoms with van der Waals surface area (Å²) in [5.74, 6) is 6.13. The number of nitrogens with zero attached hydrogens (tertiary/aromatic N) is 1. The second-order valence-electron chi connectivity index (χ2n) is 5.58. The number of benzene rings is 2. The Hall–Kier alpha value is -3.00. The zero-order valence-electron chi connectivity index (χ0n) is 13.5. The van der Waals surface area contributed by atoms with Crippen LogP contribution in [0.25, 0.3) is 0 Å². The van der Waals surface area contributed by atoms with E-state index >= 15 is 0 Å². The molecule has 5 heteroatoms. The van der Waals surface area contributed by atoms with Crippen LogP contribution in [0, 0.1) is 11.8 Å². The van der Waals surface area contributed by atoms with E-state index in [2.05, 4.69) is 17.1 Å². The lowest BCUT2D eigenvalue weighted by atomic mass is 10.0. The van der Waals surface area contributed by atoms with Gasteiger partial charge in [-0.25, -0.2) is 0 Å². The Morgan fingerprint density at radius 2 is 1.67 bits per heavy atom. The molecule has 2 amide bonds. The van der Waals surface area contributed by atoms with Crippen LogP contribution >= 0.6 is 0 Å². The average Bonchev–Trinajstić information content (AvgIpc) is 2.61. The van der Waals surface area contributed by atoms with Crippen LogP contribution in [0.4, 0.5) is 5.69 Å². The topological polar surface area (TPSA) is 49.4 Å². The first-order chi connectivity index (χ1) is 11.7. The lowest BCUT2D eigenvalue weighted by molar-refractivity contribution is -0.124. The van der Waals surface area contributed by atoms with Gasteiger partial charge in [-0.05, 0) is 23.8 Å². The number of fused-ring (bicyclic) bond motifs is 2. The van der Waals surface area contributed by atoms with E-state index in [1.807, 2.05) is 48.5 Å². The lowest BCUT2D eigenvalue weighted by Gasteiger charge is -2.26. The van der Waals surface area contributed by atoms with Crippen LogP contribution in [0.2, 0.25) is 0 Å². The predicted octanol–water partition coefficient (Wildman–Crippen LogP) is 1.38. The minimum Gasteiger partial charge on any atom is -0.406 e. The largest absolute Gasteiger partial charge is 0.406 e. The van der Waals surface area contributed by atoms with Crippen LogP contribution in [0.1, 0.15) is 29.5 Å². The van der Waals surface area contributed by atoms with Gasteiger partial charge in [-0.2, -0.15) is 0 Å². The maximum Gasteiger partial charge on any atom is 0.227 e. The molecule has 0 radical (unpaired) electrons. The Bertz CT molecular complexity index is 852. The molecule has 1 N–H and O–H groups in total. The highest BCUT2D eigenvalue weighted by atomic mass is 16.2. The van der Waals surface area contributed by atoms with E-state index in [0.717, 1.165) is 22.4 Å². The summed E-state index contributed by atoms with van der Waals surface area (Å²) in [6.45, 7) is 0.453. The molecule has 0 saturated carbocycles. The number of anilines is 1. The second-order valence-corrected chi connectivity index (χ2v) is 5.58. The smallest absolute Gasteiger partial charge is 0.227 e. The molecule has 0 bridgehead atoms. The van der Waals surface area contributed by atoms with Gasteiger partial charge in [0.15, 0.2) is 0 Å². The average molecular weight is 316 g/mol. The minimum atomic E-state index is -0.135. The van der Waals surface area contributed by atoms with Crippen molar-refractivity contribution in [2.75, 3.05) is 4.90 Å². The molecule has 0 unspecified atom stereocenters. The number of nitrogens with one attached hydrogen (secondary N) is 1. The van der Waals surface area contributed by atoms with Gasteiger partial charge in [-0.1, -0.05) is 42.2 Å². The van der Waals surface area contributed by atoms with Crippen molar-refractivity contribution in [1.82, 2.24) is 5.23 Å². The summed E-state index contributed by atoms with van der Waals surface area (Å²) in [6, 6.07) is 15.5. The number of rotatable bonds is 3. The maximum absolute atomic E-state index is 12.8. The van der Waals surface area contributed by atoms with Gasteiger partial charge in [0.2, 0.25) is 19.8 Å². The number of hydrogen-bond acceptors (Lipinski definition) is 2. The first kappa shape index (κ1) is 15.9. The zero-order chi connectivity index (χ0) is 16.9. The minimum absolute atomic E-state index is 0.0791. The monoisotopic (exact) mass is 316 g/mol. The van der Waals surface area contributed by atoms with Gasteiger partial charge in [-0.3, -0.25) is 9.59 Å². The summed E-state index contributed by atoms with van der Waals surface area (Å²) >= 11 is 0. The van der Waals surface area contributed by atoms with Gasteiger partial charge in [0, 0.05) is 24.0 Å². The number of para-hydroxylation sites is 1. The van der Waals surface area contributed by atoms with Crippen LogP contribution < -0.4 is 10.1 Å². The van der Waals surface area contributed by atoms with Crippen LogP contribution in [0.5, 0.6) is 0 Å². The SMILES string of the molecule is BNC(=O)CCC(=O)N1Cc2ccccc2C#Cc2ccccc21. The van der Waals surface area contributed by atoms with Crippen molar-refractivity contribution < 1.29 is 9.59 Å². The Morgan fingerprint density at radius 1 is 1.00 bits per heavy atom. The first-order valence-corrected chi connectivity index (χ1v) is 7.89. The number of hydrogen-bond donors (Lipinski definition) is 1. The van der Waals surface area contributed by atoms with E-state index in [4.69, 9.17) is 0 Å². The normalized spacial score (nSPS) is 11.9. The van der Waals surface area contributed by atoms with Gasteiger partial charge in [0.25, 0.3) is 0 Å². The third-order valence-corrected chi connectivity index (χ3v) is 4.02. The fourth-order valence-electron chi connectivity index (χ4n) is 2.69. The Morgan fingerprint density at radius 3 is 2.46 bits per heavy atom. The van der Waals surface area contributed by atoms with Crippen molar-refractivity contribution in [2.45, 2.75) is 19.4 Å². The van der Waals surface area contributed by atoms with Crippen molar-refractivity contribution in [1.29, 1.82) is 0 Å². The summed E-state index contributed by atoms with van der Waals surface area (Å²) in [6.07, 6.45) is 0.352. The van der Waals surface area contributed by atoms with Crippen molar-refractivity contribution in [3.63, 3.8) is 0 Å². The molecule has 3 rings (SSSR count). The molecule has 1 heterocycles. The van der Waals surface area contributed by atoms with Crippen LogP contribution in [-0.2, 0) is 16.1 Å². The third-order valence-electron chi connectivity index (χ3n) is 4.02. The molecular weight excluding hydrogens is 299 g/mol. The molecular formula is C19H17BN2O2. The number of amides is 2. The highest BCUT2D eigenvalue weighted by Gasteiger charge is 2.21. The highest BCUT2D eigenvalue weighted by molar-refractivity contribution is 6.14. The molecule has 118 valence electrons. The molecule has 0 aliphatic carbocycles. The summed E-state index contributed by atoms with van der Waals surface area (Å²) in [7, 11) is 1.57. The molecule has 0 fully saturated rings. The molecule has 0 atom stereocenters. The van der Waals surface area contributed by atoms with E-state index in [-0.39, 0.29) is 24.7 Å². The van der Waals surface area contributed by atoms with Gasteiger partial charge in [0.05, 0.1) is 12.2 Å². The number of carbonyl (C=O) groups is 2. The fourth-order valence-corrected chi connectivity index (χ4v) is 2.69. The van der Waals surface area contributed by atoms with E-state index in [9.17, 15) is 9.59 Å². The molecule has 1 aliphatic rings. The highest BCUT2D eigenvalue weighted by Crippen LogP contribution is 2.26. The zero-order valence-corrected chi connectivity index (χ0v) is 13.5. The van der Waals surface area contributed by atoms with Gasteiger partial charge >= 0.3 is 0 Å². The summed E-state index contributed by atoms with van der Waals surface area (Å²) in [5, 5.41) is 2.55. The molecule has 4 nitrogen and oxygen atoms in total. The molecule has 2 aromatic rings. The lowest BCUT2D eigenvalue weighted by Crippen LogP contribution is -2.33. The van der Waals surface area contributed by atoms with E-state index in [1.54, 1.807) is 12.9 Å². The van der Waals surface area contributed by atoms with E-state index < -0.39 is 0 Å².